The van der Waals surface area contributed by atoms with Gasteiger partial charge >= 0.3 is 6.09 Å². The molecule has 0 unspecified atom stereocenters. The fourth-order valence-electron chi connectivity index (χ4n) is 4.39. The van der Waals surface area contributed by atoms with Gasteiger partial charge in [0.25, 0.3) is 11.6 Å². The SMILES string of the molecule is CC(C)(C)OC(=O)NC1CCN(C(=O)c2cc(C3CC3)nc3onc(-c4ccccc4)c23)CC1. The predicted octanol–water partition coefficient (Wildman–Crippen LogP) is 4.90. The van der Waals surface area contributed by atoms with E-state index in [0.717, 1.165) is 24.1 Å². The number of alkyl carbamates (subject to hydrolysis) is 1. The Bertz CT molecular complexity index is 1200. The average molecular weight is 463 g/mol. The lowest BCUT2D eigenvalue weighted by Crippen LogP contribution is -2.47. The number of carbonyl (C=O) groups is 2. The van der Waals surface area contributed by atoms with E-state index < -0.39 is 11.7 Å². The molecular formula is C26H30N4O4. The molecule has 34 heavy (non-hydrogen) atoms. The summed E-state index contributed by atoms with van der Waals surface area (Å²) in [5, 5.41) is 7.87. The van der Waals surface area contributed by atoms with Crippen molar-refractivity contribution in [2.45, 2.75) is 64.0 Å². The molecule has 5 rings (SSSR count). The number of benzene rings is 1. The summed E-state index contributed by atoms with van der Waals surface area (Å²) in [6, 6.07) is 11.6. The van der Waals surface area contributed by atoms with Crippen LogP contribution in [-0.2, 0) is 4.74 Å². The quantitative estimate of drug-likeness (QED) is 0.592. The Kier molecular flexibility index (Phi) is 5.75. The first kappa shape index (κ1) is 22.4. The van der Waals surface area contributed by atoms with Crippen molar-refractivity contribution < 1.29 is 18.8 Å². The van der Waals surface area contributed by atoms with Crippen LogP contribution in [-0.4, -0.2) is 51.8 Å². The summed E-state index contributed by atoms with van der Waals surface area (Å²) in [6.07, 6.45) is 3.08. The molecule has 0 spiro atoms. The maximum atomic E-state index is 13.7. The molecule has 2 fully saturated rings. The molecular weight excluding hydrogens is 432 g/mol. The normalized spacial score (nSPS) is 17.1. The molecule has 2 aromatic heterocycles. The molecule has 3 aromatic rings. The van der Waals surface area contributed by atoms with Crippen LogP contribution in [0, 0.1) is 0 Å². The van der Waals surface area contributed by atoms with Crippen LogP contribution < -0.4 is 5.32 Å². The van der Waals surface area contributed by atoms with E-state index in [4.69, 9.17) is 9.26 Å². The Hall–Kier alpha value is -3.42. The van der Waals surface area contributed by atoms with Crippen molar-refractivity contribution in [3.05, 3.63) is 47.7 Å². The number of piperidine rings is 1. The van der Waals surface area contributed by atoms with Gasteiger partial charge in [0.15, 0.2) is 0 Å². The van der Waals surface area contributed by atoms with Crippen LogP contribution in [0.1, 0.15) is 68.4 Å². The average Bonchev–Trinajstić information content (AvgIpc) is 3.57. The molecule has 1 aromatic carbocycles. The third-order valence-corrected chi connectivity index (χ3v) is 6.24. The van der Waals surface area contributed by atoms with Gasteiger partial charge in [0.05, 0.1) is 10.9 Å². The lowest BCUT2D eigenvalue weighted by molar-refractivity contribution is 0.0474. The lowest BCUT2D eigenvalue weighted by atomic mass is 10.0. The van der Waals surface area contributed by atoms with Crippen molar-refractivity contribution in [2.24, 2.45) is 0 Å². The Labute approximate surface area is 198 Å². The molecule has 2 aliphatic rings. The number of hydrogen-bond acceptors (Lipinski definition) is 6. The predicted molar refractivity (Wildman–Crippen MR) is 128 cm³/mol. The van der Waals surface area contributed by atoms with Crippen LogP contribution in [0.25, 0.3) is 22.4 Å². The molecule has 1 aliphatic carbocycles. The number of ether oxygens (including phenoxy) is 1. The Morgan fingerprint density at radius 1 is 1.09 bits per heavy atom. The maximum Gasteiger partial charge on any atom is 0.407 e. The van der Waals surface area contributed by atoms with Crippen LogP contribution in [0.5, 0.6) is 0 Å². The summed E-state index contributed by atoms with van der Waals surface area (Å²) in [5.41, 5.74) is 2.88. The number of aromatic nitrogens is 2. The van der Waals surface area contributed by atoms with E-state index in [-0.39, 0.29) is 11.9 Å². The monoisotopic (exact) mass is 462 g/mol. The Morgan fingerprint density at radius 3 is 2.44 bits per heavy atom. The highest BCUT2D eigenvalue weighted by Crippen LogP contribution is 2.41. The smallest absolute Gasteiger partial charge is 0.407 e. The second-order valence-corrected chi connectivity index (χ2v) is 10.2. The molecule has 0 bridgehead atoms. The maximum absolute atomic E-state index is 13.7. The van der Waals surface area contributed by atoms with E-state index >= 15 is 0 Å². The molecule has 1 N–H and O–H groups in total. The first-order valence-corrected chi connectivity index (χ1v) is 11.9. The van der Waals surface area contributed by atoms with E-state index in [9.17, 15) is 9.59 Å². The number of carbonyl (C=O) groups excluding carboxylic acids is 2. The van der Waals surface area contributed by atoms with Gasteiger partial charge in [-0.15, -0.1) is 0 Å². The second kappa shape index (κ2) is 8.74. The number of nitrogens with one attached hydrogen (secondary N) is 1. The number of fused-ring (bicyclic) bond motifs is 1. The van der Waals surface area contributed by atoms with Gasteiger partial charge in [0.2, 0.25) is 0 Å². The number of amides is 2. The van der Waals surface area contributed by atoms with Crippen molar-refractivity contribution in [1.29, 1.82) is 0 Å². The summed E-state index contributed by atoms with van der Waals surface area (Å²) in [6.45, 7) is 6.62. The van der Waals surface area contributed by atoms with Gasteiger partial charge in [-0.05, 0) is 52.5 Å². The van der Waals surface area contributed by atoms with E-state index in [1.807, 2.05) is 62.1 Å². The number of rotatable bonds is 4. The van der Waals surface area contributed by atoms with Crippen LogP contribution in [0.2, 0.25) is 0 Å². The molecule has 1 aliphatic heterocycles. The highest BCUT2D eigenvalue weighted by molar-refractivity contribution is 6.09. The van der Waals surface area contributed by atoms with Gasteiger partial charge in [-0.1, -0.05) is 35.5 Å². The van der Waals surface area contributed by atoms with Crippen molar-refractivity contribution >= 4 is 23.1 Å². The molecule has 1 saturated heterocycles. The fourth-order valence-corrected chi connectivity index (χ4v) is 4.39. The lowest BCUT2D eigenvalue weighted by Gasteiger charge is -2.33. The Balaban J connectivity index is 1.38. The summed E-state index contributed by atoms with van der Waals surface area (Å²) in [7, 11) is 0. The van der Waals surface area contributed by atoms with Crippen LogP contribution in [0.3, 0.4) is 0 Å². The largest absolute Gasteiger partial charge is 0.444 e. The zero-order valence-electron chi connectivity index (χ0n) is 19.8. The molecule has 1 saturated carbocycles. The van der Waals surface area contributed by atoms with Crippen LogP contribution in [0.15, 0.2) is 40.9 Å². The summed E-state index contributed by atoms with van der Waals surface area (Å²) in [4.78, 5) is 32.4. The highest BCUT2D eigenvalue weighted by atomic mass is 16.6. The molecule has 0 radical (unpaired) electrons. The summed E-state index contributed by atoms with van der Waals surface area (Å²) >= 11 is 0. The van der Waals surface area contributed by atoms with E-state index in [2.05, 4.69) is 15.5 Å². The summed E-state index contributed by atoms with van der Waals surface area (Å²) in [5.74, 6) is 0.329. The zero-order valence-corrected chi connectivity index (χ0v) is 19.8. The van der Waals surface area contributed by atoms with E-state index in [1.54, 1.807) is 0 Å². The van der Waals surface area contributed by atoms with Crippen molar-refractivity contribution in [2.75, 3.05) is 13.1 Å². The Morgan fingerprint density at radius 2 is 1.79 bits per heavy atom. The van der Waals surface area contributed by atoms with Crippen LogP contribution >= 0.6 is 0 Å². The zero-order chi connectivity index (χ0) is 23.9. The number of nitrogens with zero attached hydrogens (tertiary/aromatic N) is 3. The van der Waals surface area contributed by atoms with E-state index in [0.29, 0.717) is 54.2 Å². The molecule has 3 heterocycles. The van der Waals surface area contributed by atoms with Gasteiger partial charge < -0.3 is 19.5 Å². The van der Waals surface area contributed by atoms with Crippen molar-refractivity contribution in [3.63, 3.8) is 0 Å². The van der Waals surface area contributed by atoms with E-state index in [1.165, 1.54) is 0 Å². The number of hydrogen-bond donors (Lipinski definition) is 1. The molecule has 8 heteroatoms. The molecule has 2 amide bonds. The first-order chi connectivity index (χ1) is 16.3. The third-order valence-electron chi connectivity index (χ3n) is 6.24. The minimum Gasteiger partial charge on any atom is -0.444 e. The van der Waals surface area contributed by atoms with Gasteiger partial charge in [-0.25, -0.2) is 9.78 Å². The minimum absolute atomic E-state index is 0.0196. The standard InChI is InChI=1S/C26H30N4O4/c1-26(2,3)33-25(32)27-18-11-13-30(14-12-18)24(31)19-15-20(16-9-10-16)28-23-21(19)22(29-34-23)17-7-5-4-6-8-17/h4-8,15-16,18H,9-14H2,1-3H3,(H,27,32). The van der Waals surface area contributed by atoms with Gasteiger partial charge in [0.1, 0.15) is 11.3 Å². The first-order valence-electron chi connectivity index (χ1n) is 11.9. The topological polar surface area (TPSA) is 97.6 Å². The highest BCUT2D eigenvalue weighted by Gasteiger charge is 2.32. The van der Waals surface area contributed by atoms with Crippen LogP contribution in [0.4, 0.5) is 4.79 Å². The second-order valence-electron chi connectivity index (χ2n) is 10.2. The number of pyridine rings is 1. The van der Waals surface area contributed by atoms with Gasteiger partial charge in [0, 0.05) is 36.3 Å². The third kappa shape index (κ3) is 4.76. The number of likely N-dealkylation sites (tertiary alicyclic amines) is 1. The van der Waals surface area contributed by atoms with Crippen molar-refractivity contribution in [1.82, 2.24) is 20.4 Å². The van der Waals surface area contributed by atoms with Crippen molar-refractivity contribution in [3.8, 4) is 11.3 Å². The molecule has 0 atom stereocenters. The molecule has 178 valence electrons. The summed E-state index contributed by atoms with van der Waals surface area (Å²) < 4.78 is 11.0. The minimum atomic E-state index is -0.540. The molecule has 8 nitrogen and oxygen atoms in total. The fraction of sp³-hybridized carbons (Fsp3) is 0.462. The van der Waals surface area contributed by atoms with Gasteiger partial charge in [-0.2, -0.15) is 0 Å². The van der Waals surface area contributed by atoms with Gasteiger partial charge in [-0.3, -0.25) is 4.79 Å².